The fourth-order valence-corrected chi connectivity index (χ4v) is 2.14. The number of rotatable bonds is 3. The lowest BCUT2D eigenvalue weighted by atomic mass is 9.97. The van der Waals surface area contributed by atoms with E-state index in [9.17, 15) is 0 Å². The molecule has 2 nitrogen and oxygen atoms in total. The van der Waals surface area contributed by atoms with Gasteiger partial charge in [-0.05, 0) is 31.7 Å². The Balaban J connectivity index is 2.55. The molecule has 0 aromatic rings. The van der Waals surface area contributed by atoms with Crippen LogP contribution < -0.4 is 5.32 Å². The van der Waals surface area contributed by atoms with Gasteiger partial charge in [-0.15, -0.1) is 0 Å². The van der Waals surface area contributed by atoms with E-state index < -0.39 is 0 Å². The van der Waals surface area contributed by atoms with Gasteiger partial charge in [0.1, 0.15) is 5.54 Å². The van der Waals surface area contributed by atoms with Crippen molar-refractivity contribution in [2.24, 2.45) is 5.92 Å². The molecule has 0 bridgehead atoms. The molecule has 1 rings (SSSR count). The van der Waals surface area contributed by atoms with Crippen molar-refractivity contribution >= 4 is 0 Å². The standard InChI is InChI=1S/C10H18N2/c1-3-9-5-6-10(7-9,8-11)12-4-2/h9,12H,3-7H2,1-2H3. The number of nitriles is 1. The summed E-state index contributed by atoms with van der Waals surface area (Å²) in [5.74, 6) is 0.767. The fourth-order valence-electron chi connectivity index (χ4n) is 2.14. The Morgan fingerprint density at radius 1 is 1.58 bits per heavy atom. The first-order valence-corrected chi connectivity index (χ1v) is 4.92. The quantitative estimate of drug-likeness (QED) is 0.696. The minimum absolute atomic E-state index is 0.185. The molecule has 0 saturated heterocycles. The highest BCUT2D eigenvalue weighted by molar-refractivity contribution is 5.11. The SMILES string of the molecule is CCNC1(C#N)CCC(CC)C1. The van der Waals surface area contributed by atoms with Crippen LogP contribution in [-0.2, 0) is 0 Å². The summed E-state index contributed by atoms with van der Waals surface area (Å²) in [5.41, 5.74) is -0.185. The third kappa shape index (κ3) is 1.78. The molecule has 0 aromatic heterocycles. The van der Waals surface area contributed by atoms with Gasteiger partial charge in [-0.2, -0.15) is 5.26 Å². The van der Waals surface area contributed by atoms with Crippen molar-refractivity contribution < 1.29 is 0 Å². The van der Waals surface area contributed by atoms with Crippen LogP contribution in [0.5, 0.6) is 0 Å². The normalized spacial score (nSPS) is 34.9. The average molecular weight is 166 g/mol. The Morgan fingerprint density at radius 3 is 2.75 bits per heavy atom. The summed E-state index contributed by atoms with van der Waals surface area (Å²) in [6, 6.07) is 2.43. The smallest absolute Gasteiger partial charge is 0.107 e. The van der Waals surface area contributed by atoms with Crippen LogP contribution in [0.25, 0.3) is 0 Å². The highest BCUT2D eigenvalue weighted by atomic mass is 15.0. The average Bonchev–Trinajstić information content (AvgIpc) is 2.50. The van der Waals surface area contributed by atoms with Crippen molar-refractivity contribution in [3.63, 3.8) is 0 Å². The summed E-state index contributed by atoms with van der Waals surface area (Å²) >= 11 is 0. The van der Waals surface area contributed by atoms with E-state index in [1.165, 1.54) is 12.8 Å². The van der Waals surface area contributed by atoms with Crippen LogP contribution in [0.1, 0.15) is 39.5 Å². The number of nitrogens with zero attached hydrogens (tertiary/aromatic N) is 1. The summed E-state index contributed by atoms with van der Waals surface area (Å²) in [5, 5.41) is 12.4. The Labute approximate surface area is 75.0 Å². The maximum Gasteiger partial charge on any atom is 0.107 e. The minimum Gasteiger partial charge on any atom is -0.300 e. The molecule has 12 heavy (non-hydrogen) atoms. The fraction of sp³-hybridized carbons (Fsp3) is 0.900. The van der Waals surface area contributed by atoms with Gasteiger partial charge in [-0.25, -0.2) is 0 Å². The zero-order valence-electron chi connectivity index (χ0n) is 8.06. The van der Waals surface area contributed by atoms with Crippen molar-refractivity contribution in [2.45, 2.75) is 45.1 Å². The van der Waals surface area contributed by atoms with E-state index in [-0.39, 0.29) is 5.54 Å². The summed E-state index contributed by atoms with van der Waals surface area (Å²) in [4.78, 5) is 0. The molecule has 1 saturated carbocycles. The number of hydrogen-bond donors (Lipinski definition) is 1. The molecule has 2 atom stereocenters. The van der Waals surface area contributed by atoms with E-state index in [4.69, 9.17) is 5.26 Å². The Kier molecular flexibility index (Phi) is 3.11. The molecule has 1 aliphatic rings. The molecule has 0 radical (unpaired) electrons. The third-order valence-electron chi connectivity index (χ3n) is 2.92. The van der Waals surface area contributed by atoms with Crippen LogP contribution in [0.2, 0.25) is 0 Å². The summed E-state index contributed by atoms with van der Waals surface area (Å²) < 4.78 is 0. The van der Waals surface area contributed by atoms with Crippen LogP contribution in [-0.4, -0.2) is 12.1 Å². The molecule has 2 heteroatoms. The van der Waals surface area contributed by atoms with E-state index in [1.54, 1.807) is 0 Å². The number of hydrogen-bond acceptors (Lipinski definition) is 2. The van der Waals surface area contributed by atoms with Gasteiger partial charge in [0, 0.05) is 0 Å². The Bertz CT molecular complexity index is 183. The maximum absolute atomic E-state index is 9.05. The third-order valence-corrected chi connectivity index (χ3v) is 2.92. The van der Waals surface area contributed by atoms with E-state index in [2.05, 4.69) is 25.2 Å². The van der Waals surface area contributed by atoms with Crippen LogP contribution in [0, 0.1) is 17.2 Å². The van der Waals surface area contributed by atoms with E-state index >= 15 is 0 Å². The molecule has 1 fully saturated rings. The van der Waals surface area contributed by atoms with Gasteiger partial charge in [-0.1, -0.05) is 20.3 Å². The molecule has 2 unspecified atom stereocenters. The lowest BCUT2D eigenvalue weighted by molar-refractivity contribution is 0.409. The molecule has 0 spiro atoms. The van der Waals surface area contributed by atoms with Gasteiger partial charge in [0.25, 0.3) is 0 Å². The van der Waals surface area contributed by atoms with Gasteiger partial charge in [0.2, 0.25) is 0 Å². The van der Waals surface area contributed by atoms with E-state index in [0.717, 1.165) is 25.3 Å². The van der Waals surface area contributed by atoms with Gasteiger partial charge in [-0.3, -0.25) is 5.32 Å². The molecule has 0 amide bonds. The van der Waals surface area contributed by atoms with Gasteiger partial charge in [0.05, 0.1) is 6.07 Å². The topological polar surface area (TPSA) is 35.8 Å². The predicted molar refractivity (Wildman–Crippen MR) is 49.7 cm³/mol. The molecule has 0 heterocycles. The van der Waals surface area contributed by atoms with Gasteiger partial charge in [0.15, 0.2) is 0 Å². The molecule has 1 aliphatic carbocycles. The summed E-state index contributed by atoms with van der Waals surface area (Å²) in [6.45, 7) is 5.19. The molecular weight excluding hydrogens is 148 g/mol. The first kappa shape index (κ1) is 9.54. The van der Waals surface area contributed by atoms with Crippen molar-refractivity contribution in [1.82, 2.24) is 5.32 Å². The van der Waals surface area contributed by atoms with Crippen molar-refractivity contribution in [2.75, 3.05) is 6.54 Å². The van der Waals surface area contributed by atoms with Crippen molar-refractivity contribution in [1.29, 1.82) is 5.26 Å². The molecule has 0 aliphatic heterocycles. The zero-order valence-corrected chi connectivity index (χ0v) is 8.06. The number of nitrogens with one attached hydrogen (secondary N) is 1. The van der Waals surface area contributed by atoms with Crippen LogP contribution in [0.3, 0.4) is 0 Å². The predicted octanol–water partition coefficient (Wildman–Crippen LogP) is 2.07. The second-order valence-electron chi connectivity index (χ2n) is 3.74. The highest BCUT2D eigenvalue weighted by Crippen LogP contribution is 2.35. The lowest BCUT2D eigenvalue weighted by Gasteiger charge is -2.21. The van der Waals surface area contributed by atoms with E-state index in [1.807, 2.05) is 0 Å². The molecule has 0 aromatic carbocycles. The largest absolute Gasteiger partial charge is 0.300 e. The maximum atomic E-state index is 9.05. The lowest BCUT2D eigenvalue weighted by Crippen LogP contribution is -2.41. The minimum atomic E-state index is -0.185. The first-order chi connectivity index (χ1) is 5.76. The highest BCUT2D eigenvalue weighted by Gasteiger charge is 2.37. The summed E-state index contributed by atoms with van der Waals surface area (Å²) in [6.07, 6.45) is 4.52. The Morgan fingerprint density at radius 2 is 2.33 bits per heavy atom. The van der Waals surface area contributed by atoms with Crippen LogP contribution >= 0.6 is 0 Å². The second-order valence-corrected chi connectivity index (χ2v) is 3.74. The van der Waals surface area contributed by atoms with Crippen molar-refractivity contribution in [3.8, 4) is 6.07 Å². The second kappa shape index (κ2) is 3.91. The molecular formula is C10H18N2. The van der Waals surface area contributed by atoms with Crippen LogP contribution in [0.15, 0.2) is 0 Å². The van der Waals surface area contributed by atoms with Crippen LogP contribution in [0.4, 0.5) is 0 Å². The molecule has 68 valence electrons. The van der Waals surface area contributed by atoms with Gasteiger partial charge < -0.3 is 0 Å². The van der Waals surface area contributed by atoms with E-state index in [0.29, 0.717) is 0 Å². The zero-order chi connectivity index (χ0) is 9.03. The Hall–Kier alpha value is -0.550. The monoisotopic (exact) mass is 166 g/mol. The molecule has 1 N–H and O–H groups in total. The van der Waals surface area contributed by atoms with Crippen molar-refractivity contribution in [3.05, 3.63) is 0 Å². The van der Waals surface area contributed by atoms with Gasteiger partial charge >= 0.3 is 0 Å². The summed E-state index contributed by atoms with van der Waals surface area (Å²) in [7, 11) is 0. The first-order valence-electron chi connectivity index (χ1n) is 4.92.